The van der Waals surface area contributed by atoms with E-state index in [0.29, 0.717) is 12.2 Å². The van der Waals surface area contributed by atoms with Crippen LogP contribution in [0.4, 0.5) is 0 Å². The van der Waals surface area contributed by atoms with Crippen LogP contribution in [-0.4, -0.2) is 26.9 Å². The topological polar surface area (TPSA) is 70.2 Å². The molecule has 20 heavy (non-hydrogen) atoms. The molecule has 5 heteroatoms. The fourth-order valence-electron chi connectivity index (χ4n) is 1.73. The van der Waals surface area contributed by atoms with Gasteiger partial charge in [-0.15, -0.1) is 0 Å². The maximum absolute atomic E-state index is 10.9. The van der Waals surface area contributed by atoms with Crippen molar-refractivity contribution in [2.75, 3.05) is 5.75 Å². The molecule has 0 saturated heterocycles. The Kier molecular flexibility index (Phi) is 4.49. The minimum atomic E-state index is -0.977. The Labute approximate surface area is 120 Å². The van der Waals surface area contributed by atoms with Gasteiger partial charge in [0.2, 0.25) is 0 Å². The highest BCUT2D eigenvalue weighted by Crippen LogP contribution is 2.17. The van der Waals surface area contributed by atoms with Gasteiger partial charge in [-0.3, -0.25) is 4.79 Å². The molecule has 0 aliphatic rings. The summed E-state index contributed by atoms with van der Waals surface area (Å²) >= 11 is 1.26. The molecule has 0 radical (unpaired) electrons. The molecule has 0 saturated carbocycles. The van der Waals surface area contributed by atoms with Crippen LogP contribution in [0, 0.1) is 11.8 Å². The van der Waals surface area contributed by atoms with E-state index in [2.05, 4.69) is 16.8 Å². The van der Waals surface area contributed by atoms with E-state index in [4.69, 9.17) is 5.11 Å². The number of nitrogens with one attached hydrogen (secondary N) is 1. The number of benzene rings is 1. The summed E-state index contributed by atoms with van der Waals surface area (Å²) in [5.41, 5.74) is 1.75. The number of fused-ring (bicyclic) bond motifs is 1. The van der Waals surface area contributed by atoms with Crippen molar-refractivity contribution < 1.29 is 14.7 Å². The Morgan fingerprint density at radius 2 is 2.15 bits per heavy atom. The average Bonchev–Trinajstić information content (AvgIpc) is 2.81. The van der Waals surface area contributed by atoms with Crippen molar-refractivity contribution in [2.24, 2.45) is 0 Å². The average molecular weight is 287 g/mol. The van der Waals surface area contributed by atoms with Crippen molar-refractivity contribution in [2.45, 2.75) is 13.3 Å². The van der Waals surface area contributed by atoms with E-state index in [1.54, 1.807) is 6.07 Å². The largest absolute Gasteiger partial charge is 0.477 e. The van der Waals surface area contributed by atoms with Crippen LogP contribution in [-0.2, 0) is 4.79 Å². The van der Waals surface area contributed by atoms with Gasteiger partial charge in [-0.1, -0.05) is 29.7 Å². The second kappa shape index (κ2) is 6.31. The van der Waals surface area contributed by atoms with Crippen molar-refractivity contribution >= 4 is 33.7 Å². The first-order chi connectivity index (χ1) is 9.56. The number of thioether (sulfide) groups is 1. The number of aromatic amines is 1. The van der Waals surface area contributed by atoms with Gasteiger partial charge in [0, 0.05) is 35.6 Å². The van der Waals surface area contributed by atoms with E-state index >= 15 is 0 Å². The van der Waals surface area contributed by atoms with Crippen molar-refractivity contribution in [1.29, 1.82) is 0 Å². The molecule has 0 aliphatic carbocycles. The smallest absolute Gasteiger partial charge is 0.352 e. The van der Waals surface area contributed by atoms with E-state index in [0.717, 1.165) is 16.5 Å². The number of H-pyrrole nitrogens is 1. The lowest BCUT2D eigenvalue weighted by Crippen LogP contribution is -1.94. The zero-order valence-corrected chi connectivity index (χ0v) is 11.7. The molecular formula is C15H13NO3S. The summed E-state index contributed by atoms with van der Waals surface area (Å²) in [6.07, 6.45) is 0.646. The van der Waals surface area contributed by atoms with Gasteiger partial charge in [0.25, 0.3) is 0 Å². The van der Waals surface area contributed by atoms with Gasteiger partial charge in [0.05, 0.1) is 0 Å². The van der Waals surface area contributed by atoms with E-state index in [1.807, 2.05) is 18.2 Å². The summed E-state index contributed by atoms with van der Waals surface area (Å²) in [6.45, 7) is 1.54. The van der Waals surface area contributed by atoms with E-state index in [-0.39, 0.29) is 10.8 Å². The molecule has 2 rings (SSSR count). The lowest BCUT2D eigenvalue weighted by molar-refractivity contribution is -0.109. The highest BCUT2D eigenvalue weighted by Gasteiger charge is 2.06. The Hall–Kier alpha value is -2.19. The highest BCUT2D eigenvalue weighted by molar-refractivity contribution is 8.13. The summed E-state index contributed by atoms with van der Waals surface area (Å²) in [5, 5.41) is 9.86. The predicted octanol–water partition coefficient (Wildman–Crippen LogP) is 2.89. The maximum atomic E-state index is 10.9. The molecule has 1 aromatic carbocycles. The highest BCUT2D eigenvalue weighted by atomic mass is 32.2. The summed E-state index contributed by atoms with van der Waals surface area (Å²) < 4.78 is 0. The number of rotatable bonds is 3. The predicted molar refractivity (Wildman–Crippen MR) is 79.9 cm³/mol. The van der Waals surface area contributed by atoms with Gasteiger partial charge in [0.15, 0.2) is 5.12 Å². The molecule has 0 atom stereocenters. The first-order valence-electron chi connectivity index (χ1n) is 6.04. The van der Waals surface area contributed by atoms with Gasteiger partial charge in [-0.25, -0.2) is 4.79 Å². The zero-order valence-electron chi connectivity index (χ0n) is 10.9. The van der Waals surface area contributed by atoms with Gasteiger partial charge < -0.3 is 10.1 Å². The lowest BCUT2D eigenvalue weighted by Gasteiger charge is -1.92. The third kappa shape index (κ3) is 3.65. The number of carboxylic acid groups (broad SMARTS) is 1. The molecule has 102 valence electrons. The van der Waals surface area contributed by atoms with Crippen LogP contribution in [0.5, 0.6) is 0 Å². The SMILES string of the molecule is CC(=O)SCCC#Cc1ccc2cc(C(=O)O)[nH]c2c1. The lowest BCUT2D eigenvalue weighted by atomic mass is 10.1. The fourth-order valence-corrected chi connectivity index (χ4v) is 2.22. The number of aromatic nitrogens is 1. The fraction of sp³-hybridized carbons (Fsp3) is 0.200. The summed E-state index contributed by atoms with van der Waals surface area (Å²) in [7, 11) is 0. The van der Waals surface area contributed by atoms with E-state index in [1.165, 1.54) is 18.7 Å². The number of carbonyl (C=O) groups is 2. The quantitative estimate of drug-likeness (QED) is 0.672. The number of carboxylic acids is 1. The molecule has 0 amide bonds. The maximum Gasteiger partial charge on any atom is 0.352 e. The molecule has 0 aliphatic heterocycles. The van der Waals surface area contributed by atoms with Crippen LogP contribution >= 0.6 is 11.8 Å². The molecule has 0 spiro atoms. The molecule has 2 N–H and O–H groups in total. The second-order valence-corrected chi connectivity index (χ2v) is 5.45. The molecule has 0 bridgehead atoms. The molecule has 1 heterocycles. The van der Waals surface area contributed by atoms with Gasteiger partial charge in [-0.2, -0.15) is 0 Å². The Morgan fingerprint density at radius 3 is 2.85 bits per heavy atom. The van der Waals surface area contributed by atoms with Crippen LogP contribution in [0.25, 0.3) is 10.9 Å². The van der Waals surface area contributed by atoms with E-state index < -0.39 is 5.97 Å². The normalized spacial score (nSPS) is 10.1. The Morgan fingerprint density at radius 1 is 1.35 bits per heavy atom. The molecule has 4 nitrogen and oxygen atoms in total. The molecule has 1 aromatic heterocycles. The van der Waals surface area contributed by atoms with Crippen LogP contribution in [0.1, 0.15) is 29.4 Å². The van der Waals surface area contributed by atoms with Gasteiger partial charge in [0.1, 0.15) is 5.69 Å². The minimum Gasteiger partial charge on any atom is -0.477 e. The number of hydrogen-bond donors (Lipinski definition) is 2. The number of hydrogen-bond acceptors (Lipinski definition) is 3. The zero-order chi connectivity index (χ0) is 14.5. The third-order valence-electron chi connectivity index (χ3n) is 2.62. The number of aromatic carboxylic acids is 1. The van der Waals surface area contributed by atoms with Crippen LogP contribution < -0.4 is 0 Å². The molecular weight excluding hydrogens is 274 g/mol. The summed E-state index contributed by atoms with van der Waals surface area (Å²) in [4.78, 5) is 24.4. The van der Waals surface area contributed by atoms with Crippen LogP contribution in [0.3, 0.4) is 0 Å². The first kappa shape index (κ1) is 14.2. The van der Waals surface area contributed by atoms with Crippen LogP contribution in [0.2, 0.25) is 0 Å². The van der Waals surface area contributed by atoms with Gasteiger partial charge >= 0.3 is 5.97 Å². The van der Waals surface area contributed by atoms with E-state index in [9.17, 15) is 9.59 Å². The third-order valence-corrected chi connectivity index (χ3v) is 3.43. The Bertz CT molecular complexity index is 722. The van der Waals surface area contributed by atoms with Crippen molar-refractivity contribution in [3.63, 3.8) is 0 Å². The molecule has 0 fully saturated rings. The number of carbonyl (C=O) groups excluding carboxylic acids is 1. The van der Waals surface area contributed by atoms with Gasteiger partial charge in [-0.05, 0) is 18.2 Å². The van der Waals surface area contributed by atoms with Crippen molar-refractivity contribution in [1.82, 2.24) is 4.98 Å². The standard InChI is InChI=1S/C15H13NO3S/c1-10(17)20-7-3-2-4-11-5-6-12-9-14(15(18)19)16-13(12)8-11/h5-6,8-9,16H,3,7H2,1H3,(H,18,19). The minimum absolute atomic E-state index is 0.0980. The van der Waals surface area contributed by atoms with Crippen LogP contribution in [0.15, 0.2) is 24.3 Å². The Balaban J connectivity index is 2.10. The second-order valence-electron chi connectivity index (χ2n) is 4.18. The molecule has 2 aromatic rings. The van der Waals surface area contributed by atoms with Crippen molar-refractivity contribution in [3.05, 3.63) is 35.5 Å². The summed E-state index contributed by atoms with van der Waals surface area (Å²) in [5.74, 6) is 5.72. The molecule has 0 unspecified atom stereocenters. The summed E-state index contributed by atoms with van der Waals surface area (Å²) in [6, 6.07) is 7.12. The first-order valence-corrected chi connectivity index (χ1v) is 7.03. The van der Waals surface area contributed by atoms with Crippen molar-refractivity contribution in [3.8, 4) is 11.8 Å². The monoisotopic (exact) mass is 287 g/mol.